The summed E-state index contributed by atoms with van der Waals surface area (Å²) in [6.07, 6.45) is 1.34. The summed E-state index contributed by atoms with van der Waals surface area (Å²) in [5, 5.41) is 13.0. The second-order valence-electron chi connectivity index (χ2n) is 4.89. The predicted molar refractivity (Wildman–Crippen MR) is 80.4 cm³/mol. The zero-order valence-corrected chi connectivity index (χ0v) is 11.3. The van der Waals surface area contributed by atoms with Crippen molar-refractivity contribution in [2.75, 3.05) is 5.32 Å². The molecule has 2 unspecified atom stereocenters. The highest BCUT2D eigenvalue weighted by Gasteiger charge is 2.50. The Kier molecular flexibility index (Phi) is 3.14. The highest BCUT2D eigenvalue weighted by molar-refractivity contribution is 5.84. The Hall–Kier alpha value is -2.75. The second kappa shape index (κ2) is 4.98. The van der Waals surface area contributed by atoms with Crippen molar-refractivity contribution in [1.29, 1.82) is 0 Å². The van der Waals surface area contributed by atoms with Gasteiger partial charge >= 0.3 is 5.97 Å². The van der Waals surface area contributed by atoms with Crippen molar-refractivity contribution in [3.8, 4) is 5.75 Å². The number of hydrogen-bond donors (Lipinski definition) is 2. The van der Waals surface area contributed by atoms with Crippen molar-refractivity contribution < 1.29 is 14.6 Å². The average molecular weight is 281 g/mol. The van der Waals surface area contributed by atoms with Gasteiger partial charge in [-0.25, -0.2) is 4.79 Å². The van der Waals surface area contributed by atoms with Crippen molar-refractivity contribution in [2.45, 2.75) is 11.6 Å². The number of carboxylic acid groups (broad SMARTS) is 1. The fourth-order valence-corrected chi connectivity index (χ4v) is 2.57. The fourth-order valence-electron chi connectivity index (χ4n) is 2.57. The Morgan fingerprint density at radius 1 is 1.19 bits per heavy atom. The van der Waals surface area contributed by atoms with Gasteiger partial charge in [0.15, 0.2) is 0 Å². The van der Waals surface area contributed by atoms with Gasteiger partial charge in [0, 0.05) is 0 Å². The number of rotatable bonds is 3. The topological polar surface area (TPSA) is 58.6 Å². The van der Waals surface area contributed by atoms with Gasteiger partial charge in [0.25, 0.3) is 0 Å². The summed E-state index contributed by atoms with van der Waals surface area (Å²) in [4.78, 5) is 11.9. The van der Waals surface area contributed by atoms with E-state index in [0.29, 0.717) is 5.75 Å². The molecule has 0 saturated carbocycles. The molecule has 0 radical (unpaired) electrons. The first-order valence-electron chi connectivity index (χ1n) is 6.64. The van der Waals surface area contributed by atoms with E-state index < -0.39 is 17.6 Å². The molecule has 21 heavy (non-hydrogen) atoms. The molecular formula is C17H15NO3. The molecule has 0 saturated heterocycles. The zero-order valence-electron chi connectivity index (χ0n) is 11.3. The minimum absolute atomic E-state index is 0.506. The maximum absolute atomic E-state index is 11.9. The number of hydrogen-bond acceptors (Lipinski definition) is 3. The molecule has 0 amide bonds. The van der Waals surface area contributed by atoms with Gasteiger partial charge in [0.2, 0.25) is 5.60 Å². The van der Waals surface area contributed by atoms with E-state index >= 15 is 0 Å². The minimum Gasteiger partial charge on any atom is -0.478 e. The van der Waals surface area contributed by atoms with E-state index in [1.165, 1.54) is 6.08 Å². The van der Waals surface area contributed by atoms with Gasteiger partial charge in [0.1, 0.15) is 11.8 Å². The molecule has 2 N–H and O–H groups in total. The van der Waals surface area contributed by atoms with E-state index in [9.17, 15) is 9.90 Å². The molecule has 1 aliphatic heterocycles. The molecule has 2 aromatic rings. The first-order chi connectivity index (χ1) is 10.2. The van der Waals surface area contributed by atoms with Crippen LogP contribution in [0.1, 0.15) is 11.6 Å². The number of fused-ring (bicyclic) bond motifs is 1. The molecule has 106 valence electrons. The van der Waals surface area contributed by atoms with Crippen LogP contribution in [0.4, 0.5) is 5.69 Å². The van der Waals surface area contributed by atoms with Crippen molar-refractivity contribution in [3.63, 3.8) is 0 Å². The van der Waals surface area contributed by atoms with Gasteiger partial charge in [-0.3, -0.25) is 0 Å². The van der Waals surface area contributed by atoms with Crippen LogP contribution in [0.25, 0.3) is 0 Å². The van der Waals surface area contributed by atoms with Gasteiger partial charge in [-0.15, -0.1) is 0 Å². The molecular weight excluding hydrogens is 266 g/mol. The van der Waals surface area contributed by atoms with Gasteiger partial charge in [0.05, 0.1) is 5.69 Å². The molecule has 0 bridgehead atoms. The lowest BCUT2D eigenvalue weighted by atomic mass is 9.86. The number of carboxylic acids is 1. The molecule has 2 atom stereocenters. The maximum Gasteiger partial charge on any atom is 0.354 e. The monoisotopic (exact) mass is 281 g/mol. The van der Waals surface area contributed by atoms with Crippen molar-refractivity contribution >= 4 is 11.7 Å². The van der Waals surface area contributed by atoms with Crippen LogP contribution in [-0.2, 0) is 4.79 Å². The predicted octanol–water partition coefficient (Wildman–Crippen LogP) is 3.24. The summed E-state index contributed by atoms with van der Waals surface area (Å²) in [7, 11) is 0. The molecule has 3 rings (SSSR count). The van der Waals surface area contributed by atoms with Crippen LogP contribution >= 0.6 is 0 Å². The molecule has 0 aliphatic carbocycles. The van der Waals surface area contributed by atoms with E-state index in [1.807, 2.05) is 42.5 Å². The van der Waals surface area contributed by atoms with Crippen molar-refractivity contribution in [1.82, 2.24) is 0 Å². The number of carbonyl (C=O) groups is 1. The maximum atomic E-state index is 11.9. The number of ether oxygens (including phenoxy) is 1. The van der Waals surface area contributed by atoms with Gasteiger partial charge in [-0.05, 0) is 23.8 Å². The highest BCUT2D eigenvalue weighted by atomic mass is 16.5. The van der Waals surface area contributed by atoms with Crippen LogP contribution in [-0.4, -0.2) is 16.7 Å². The Labute approximate surface area is 122 Å². The lowest BCUT2D eigenvalue weighted by molar-refractivity contribution is -0.152. The van der Waals surface area contributed by atoms with Crippen LogP contribution < -0.4 is 10.1 Å². The third-order valence-corrected chi connectivity index (χ3v) is 3.67. The number of para-hydroxylation sites is 2. The number of aliphatic carboxylic acids is 1. The summed E-state index contributed by atoms with van der Waals surface area (Å²) in [5.41, 5.74) is 0.0507. The standard InChI is InChI=1S/C17H15NO3/c1-2-17(16(19)20)15(12-8-4-3-5-9-12)18-13-10-6-7-11-14(13)21-17/h2-11,15,18H,1H2,(H,19,20). The first-order valence-corrected chi connectivity index (χ1v) is 6.64. The van der Waals surface area contributed by atoms with Crippen LogP contribution in [0.3, 0.4) is 0 Å². The Morgan fingerprint density at radius 3 is 2.52 bits per heavy atom. The van der Waals surface area contributed by atoms with Crippen LogP contribution in [0.2, 0.25) is 0 Å². The SMILES string of the molecule is C=CC1(C(=O)O)Oc2ccccc2NC1c1ccccc1. The molecule has 2 aromatic carbocycles. The largest absolute Gasteiger partial charge is 0.478 e. The molecule has 4 nitrogen and oxygen atoms in total. The van der Waals surface area contributed by atoms with Gasteiger partial charge in [-0.2, -0.15) is 0 Å². The van der Waals surface area contributed by atoms with Crippen LogP contribution in [0.15, 0.2) is 67.3 Å². The zero-order chi connectivity index (χ0) is 14.9. The van der Waals surface area contributed by atoms with Crippen molar-refractivity contribution in [2.24, 2.45) is 0 Å². The number of nitrogens with one attached hydrogen (secondary N) is 1. The molecule has 0 fully saturated rings. The summed E-state index contributed by atoms with van der Waals surface area (Å²) in [6, 6.07) is 16.1. The van der Waals surface area contributed by atoms with E-state index in [-0.39, 0.29) is 0 Å². The summed E-state index contributed by atoms with van der Waals surface area (Å²) >= 11 is 0. The molecule has 1 heterocycles. The molecule has 0 spiro atoms. The smallest absolute Gasteiger partial charge is 0.354 e. The van der Waals surface area contributed by atoms with Gasteiger partial charge in [-0.1, -0.05) is 49.0 Å². The molecule has 1 aliphatic rings. The summed E-state index contributed by atoms with van der Waals surface area (Å²) in [5.74, 6) is -0.569. The van der Waals surface area contributed by atoms with E-state index in [1.54, 1.807) is 12.1 Å². The summed E-state index contributed by atoms with van der Waals surface area (Å²) < 4.78 is 5.82. The van der Waals surface area contributed by atoms with Crippen LogP contribution in [0.5, 0.6) is 5.75 Å². The first kappa shape index (κ1) is 13.2. The minimum atomic E-state index is -1.55. The van der Waals surface area contributed by atoms with E-state index in [2.05, 4.69) is 11.9 Å². The lowest BCUT2D eigenvalue weighted by Crippen LogP contribution is -2.53. The second-order valence-corrected chi connectivity index (χ2v) is 4.89. The molecule has 0 aromatic heterocycles. The quantitative estimate of drug-likeness (QED) is 0.848. The molecule has 4 heteroatoms. The Bertz CT molecular complexity index is 683. The fraction of sp³-hybridized carbons (Fsp3) is 0.118. The Morgan fingerprint density at radius 2 is 1.86 bits per heavy atom. The average Bonchev–Trinajstić information content (AvgIpc) is 2.54. The van der Waals surface area contributed by atoms with E-state index in [4.69, 9.17) is 4.74 Å². The third-order valence-electron chi connectivity index (χ3n) is 3.67. The van der Waals surface area contributed by atoms with E-state index in [0.717, 1.165) is 11.3 Å². The van der Waals surface area contributed by atoms with Gasteiger partial charge < -0.3 is 15.2 Å². The third kappa shape index (κ3) is 2.05. The lowest BCUT2D eigenvalue weighted by Gasteiger charge is -2.40. The number of anilines is 1. The van der Waals surface area contributed by atoms with Crippen molar-refractivity contribution in [3.05, 3.63) is 72.8 Å². The highest BCUT2D eigenvalue weighted by Crippen LogP contribution is 2.43. The summed E-state index contributed by atoms with van der Waals surface area (Å²) in [6.45, 7) is 3.68. The normalized spacial score (nSPS) is 23.3. The van der Waals surface area contributed by atoms with Crippen LogP contribution in [0, 0.1) is 0 Å². The Balaban J connectivity index is 2.15. The number of benzene rings is 2.